The fraction of sp³-hybridized carbons (Fsp3) is 0.115. The van der Waals surface area contributed by atoms with Crippen LogP contribution in [-0.4, -0.2) is 4.98 Å². The van der Waals surface area contributed by atoms with Crippen LogP contribution in [0.5, 0.6) is 0 Å². The van der Waals surface area contributed by atoms with Gasteiger partial charge in [0.2, 0.25) is 0 Å². The lowest BCUT2D eigenvalue weighted by Gasteiger charge is -2.19. The van der Waals surface area contributed by atoms with Crippen LogP contribution in [0, 0.1) is 6.92 Å². The standard InChI is InChI=1S/C26H18F3N/c1-16-14-22(26(27,28)29)24-23(18-10-6-3-7-11-18)21-15-19(17-8-4-2-5-9-17)12-13-20(21)25(24)30-16/h2-15,23H,1H3. The molecule has 1 nitrogen and oxygen atoms in total. The van der Waals surface area contributed by atoms with Crippen molar-refractivity contribution in [2.24, 2.45) is 0 Å². The van der Waals surface area contributed by atoms with Crippen LogP contribution in [0.1, 0.15) is 33.9 Å². The smallest absolute Gasteiger partial charge is 0.253 e. The molecular weight excluding hydrogens is 383 g/mol. The molecule has 0 fully saturated rings. The molecule has 5 rings (SSSR count). The third-order valence-electron chi connectivity index (χ3n) is 5.64. The van der Waals surface area contributed by atoms with Crippen molar-refractivity contribution in [2.45, 2.75) is 19.0 Å². The van der Waals surface area contributed by atoms with Gasteiger partial charge in [-0.3, -0.25) is 4.98 Å². The Bertz CT molecular complexity index is 1230. The maximum absolute atomic E-state index is 14.1. The third-order valence-corrected chi connectivity index (χ3v) is 5.64. The van der Waals surface area contributed by atoms with Crippen molar-refractivity contribution < 1.29 is 13.2 Å². The number of hydrogen-bond acceptors (Lipinski definition) is 1. The molecule has 0 saturated heterocycles. The van der Waals surface area contributed by atoms with Gasteiger partial charge in [0, 0.05) is 22.7 Å². The van der Waals surface area contributed by atoms with E-state index in [-0.39, 0.29) is 5.56 Å². The van der Waals surface area contributed by atoms with Crippen LogP contribution in [0.25, 0.3) is 22.4 Å². The Morgan fingerprint density at radius 3 is 2.10 bits per heavy atom. The monoisotopic (exact) mass is 401 g/mol. The van der Waals surface area contributed by atoms with E-state index in [2.05, 4.69) is 4.98 Å². The highest BCUT2D eigenvalue weighted by Crippen LogP contribution is 2.52. The topological polar surface area (TPSA) is 12.9 Å². The number of halogens is 3. The fourth-order valence-corrected chi connectivity index (χ4v) is 4.39. The Hall–Kier alpha value is -3.40. The molecule has 30 heavy (non-hydrogen) atoms. The summed E-state index contributed by atoms with van der Waals surface area (Å²) in [4.78, 5) is 4.55. The van der Waals surface area contributed by atoms with E-state index in [9.17, 15) is 13.2 Å². The number of alkyl halides is 3. The predicted octanol–water partition coefficient (Wildman–Crippen LogP) is 7.24. The molecule has 1 atom stereocenters. The first-order chi connectivity index (χ1) is 14.4. The number of rotatable bonds is 2. The molecule has 0 amide bonds. The molecule has 0 N–H and O–H groups in total. The molecule has 0 radical (unpaired) electrons. The Kier molecular flexibility index (Phi) is 4.24. The summed E-state index contributed by atoms with van der Waals surface area (Å²) >= 11 is 0. The van der Waals surface area contributed by atoms with Gasteiger partial charge in [0.15, 0.2) is 0 Å². The van der Waals surface area contributed by atoms with Crippen molar-refractivity contribution >= 4 is 0 Å². The van der Waals surface area contributed by atoms with Crippen LogP contribution in [0.2, 0.25) is 0 Å². The lowest BCUT2D eigenvalue weighted by atomic mass is 9.86. The molecule has 1 heterocycles. The van der Waals surface area contributed by atoms with Crippen molar-refractivity contribution in [1.29, 1.82) is 0 Å². The van der Waals surface area contributed by atoms with E-state index in [4.69, 9.17) is 0 Å². The van der Waals surface area contributed by atoms with Crippen LogP contribution in [-0.2, 0) is 6.18 Å². The summed E-state index contributed by atoms with van der Waals surface area (Å²) in [5, 5.41) is 0. The highest BCUT2D eigenvalue weighted by molar-refractivity contribution is 5.82. The second-order valence-corrected chi connectivity index (χ2v) is 7.58. The molecule has 148 valence electrons. The molecule has 1 aliphatic carbocycles. The number of hydrogen-bond donors (Lipinski definition) is 0. The van der Waals surface area contributed by atoms with Gasteiger partial charge in [-0.1, -0.05) is 72.8 Å². The minimum absolute atomic E-state index is 0.250. The summed E-state index contributed by atoms with van der Waals surface area (Å²) in [6.07, 6.45) is -4.45. The molecular formula is C26H18F3N. The van der Waals surface area contributed by atoms with Crippen LogP contribution in [0.4, 0.5) is 13.2 Å². The Morgan fingerprint density at radius 2 is 1.43 bits per heavy atom. The lowest BCUT2D eigenvalue weighted by molar-refractivity contribution is -0.138. The molecule has 1 aromatic heterocycles. The van der Waals surface area contributed by atoms with Crippen LogP contribution in [0.3, 0.4) is 0 Å². The van der Waals surface area contributed by atoms with Gasteiger partial charge in [-0.25, -0.2) is 0 Å². The lowest BCUT2D eigenvalue weighted by Crippen LogP contribution is -2.13. The second-order valence-electron chi connectivity index (χ2n) is 7.58. The van der Waals surface area contributed by atoms with Gasteiger partial charge < -0.3 is 0 Å². The molecule has 4 heteroatoms. The Morgan fingerprint density at radius 1 is 0.767 bits per heavy atom. The number of benzene rings is 3. The van der Waals surface area contributed by atoms with Crippen LogP contribution >= 0.6 is 0 Å². The van der Waals surface area contributed by atoms with Gasteiger partial charge in [0.25, 0.3) is 0 Å². The highest BCUT2D eigenvalue weighted by atomic mass is 19.4. The number of aryl methyl sites for hydroxylation is 1. The molecule has 0 saturated carbocycles. The zero-order valence-corrected chi connectivity index (χ0v) is 16.2. The summed E-state index contributed by atoms with van der Waals surface area (Å²) in [6, 6.07) is 26.3. The number of nitrogens with zero attached hydrogens (tertiary/aromatic N) is 1. The van der Waals surface area contributed by atoms with Crippen molar-refractivity contribution in [2.75, 3.05) is 0 Å². The second kappa shape index (κ2) is 6.84. The largest absolute Gasteiger partial charge is 0.416 e. The Balaban J connectivity index is 1.81. The average Bonchev–Trinajstić information content (AvgIpc) is 3.07. The zero-order valence-electron chi connectivity index (χ0n) is 16.2. The molecule has 0 spiro atoms. The number of pyridine rings is 1. The predicted molar refractivity (Wildman–Crippen MR) is 112 cm³/mol. The molecule has 0 bridgehead atoms. The van der Waals surface area contributed by atoms with E-state index in [0.29, 0.717) is 11.4 Å². The zero-order chi connectivity index (χ0) is 20.9. The molecule has 0 aliphatic heterocycles. The van der Waals surface area contributed by atoms with Crippen molar-refractivity contribution in [1.82, 2.24) is 4.98 Å². The Labute approximate surface area is 172 Å². The van der Waals surface area contributed by atoms with Gasteiger partial charge >= 0.3 is 6.18 Å². The van der Waals surface area contributed by atoms with E-state index >= 15 is 0 Å². The summed E-state index contributed by atoms with van der Waals surface area (Å²) in [6.45, 7) is 1.61. The summed E-state index contributed by atoms with van der Waals surface area (Å²) < 4.78 is 42.2. The maximum Gasteiger partial charge on any atom is 0.416 e. The maximum atomic E-state index is 14.1. The quantitative estimate of drug-likeness (QED) is 0.304. The van der Waals surface area contributed by atoms with E-state index in [1.807, 2.05) is 78.9 Å². The van der Waals surface area contributed by atoms with E-state index in [0.717, 1.165) is 27.8 Å². The molecule has 1 unspecified atom stereocenters. The average molecular weight is 401 g/mol. The minimum atomic E-state index is -4.45. The van der Waals surface area contributed by atoms with Gasteiger partial charge in [-0.05, 0) is 41.3 Å². The summed E-state index contributed by atoms with van der Waals surface area (Å²) in [7, 11) is 0. The van der Waals surface area contributed by atoms with Crippen molar-refractivity contribution in [3.8, 4) is 22.4 Å². The first-order valence-electron chi connectivity index (χ1n) is 9.77. The van der Waals surface area contributed by atoms with E-state index in [1.54, 1.807) is 6.92 Å². The van der Waals surface area contributed by atoms with Gasteiger partial charge in [0.05, 0.1) is 11.3 Å². The SMILES string of the molecule is Cc1cc(C(F)(F)F)c2c(n1)-c1ccc(-c3ccccc3)cc1C2c1ccccc1. The first-order valence-corrected chi connectivity index (χ1v) is 9.77. The number of aromatic nitrogens is 1. The minimum Gasteiger partial charge on any atom is -0.253 e. The van der Waals surface area contributed by atoms with Gasteiger partial charge in [-0.15, -0.1) is 0 Å². The summed E-state index contributed by atoms with van der Waals surface area (Å²) in [5.74, 6) is -0.510. The van der Waals surface area contributed by atoms with Gasteiger partial charge in [0.1, 0.15) is 0 Å². The molecule has 3 aromatic carbocycles. The van der Waals surface area contributed by atoms with Gasteiger partial charge in [-0.2, -0.15) is 13.2 Å². The van der Waals surface area contributed by atoms with Crippen LogP contribution < -0.4 is 0 Å². The molecule has 4 aromatic rings. The van der Waals surface area contributed by atoms with Crippen molar-refractivity contribution in [3.05, 3.63) is 113 Å². The fourth-order valence-electron chi connectivity index (χ4n) is 4.39. The van der Waals surface area contributed by atoms with E-state index in [1.165, 1.54) is 6.07 Å². The van der Waals surface area contributed by atoms with E-state index < -0.39 is 17.7 Å². The van der Waals surface area contributed by atoms with Crippen molar-refractivity contribution in [3.63, 3.8) is 0 Å². The number of fused-ring (bicyclic) bond motifs is 3. The van der Waals surface area contributed by atoms with Crippen LogP contribution in [0.15, 0.2) is 84.9 Å². The highest BCUT2D eigenvalue weighted by Gasteiger charge is 2.42. The molecule has 1 aliphatic rings. The summed E-state index contributed by atoms with van der Waals surface area (Å²) in [5.41, 5.74) is 4.93. The first kappa shape index (κ1) is 18.6. The third kappa shape index (κ3) is 3.00. The normalized spacial score (nSPS) is 15.0.